The molecule has 108 valence electrons. The molecule has 3 rings (SSSR count). The summed E-state index contributed by atoms with van der Waals surface area (Å²) in [6, 6.07) is 10.0. The second-order valence-electron chi connectivity index (χ2n) is 5.43. The molecule has 0 amide bonds. The average molecular weight is 347 g/mol. The van der Waals surface area contributed by atoms with Crippen molar-refractivity contribution in [3.63, 3.8) is 0 Å². The number of rotatable bonds is 3. The van der Waals surface area contributed by atoms with Gasteiger partial charge in [-0.25, -0.2) is 4.79 Å². The Balaban J connectivity index is 2.27. The van der Waals surface area contributed by atoms with Gasteiger partial charge in [0.1, 0.15) is 11.2 Å². The molecule has 0 bridgehead atoms. The van der Waals surface area contributed by atoms with Gasteiger partial charge in [0.25, 0.3) is 0 Å². The number of aromatic nitrogens is 1. The largest absolute Gasteiger partial charge is 0.461 e. The predicted molar refractivity (Wildman–Crippen MR) is 83.0 cm³/mol. The van der Waals surface area contributed by atoms with Crippen LogP contribution in [-0.4, -0.2) is 17.1 Å². The zero-order chi connectivity index (χ0) is 15.2. The van der Waals surface area contributed by atoms with Crippen molar-refractivity contribution in [1.29, 1.82) is 5.26 Å². The fraction of sp³-hybridized carbons (Fsp3) is 0.375. The summed E-state index contributed by atoms with van der Waals surface area (Å²) in [5.41, 5.74) is 0.723. The number of benzene rings is 1. The summed E-state index contributed by atoms with van der Waals surface area (Å²) in [6.45, 7) is 4.13. The first kappa shape index (κ1) is 14.2. The highest BCUT2D eigenvalue weighted by Crippen LogP contribution is 2.52. The van der Waals surface area contributed by atoms with Crippen LogP contribution in [0.1, 0.15) is 30.8 Å². The summed E-state index contributed by atoms with van der Waals surface area (Å²) in [4.78, 5) is 12.3. The highest BCUT2D eigenvalue weighted by atomic mass is 79.9. The standard InChI is InChI=1S/C16H15BrN2O2/c1-3-21-15(20)14-7-11-6-12(17)4-5-13(11)19(14)16(9-18)8-10(16)2/h4-7,10H,3,8H2,1-2H3/t10-,16+/m1/s1. The van der Waals surface area contributed by atoms with Gasteiger partial charge in [0.05, 0.1) is 18.2 Å². The van der Waals surface area contributed by atoms with E-state index < -0.39 is 5.54 Å². The molecule has 2 atom stereocenters. The molecule has 1 heterocycles. The fourth-order valence-electron chi connectivity index (χ4n) is 2.90. The Morgan fingerprint density at radius 3 is 2.86 bits per heavy atom. The molecule has 1 saturated carbocycles. The molecule has 21 heavy (non-hydrogen) atoms. The van der Waals surface area contributed by atoms with Crippen LogP contribution in [-0.2, 0) is 10.3 Å². The molecule has 4 nitrogen and oxygen atoms in total. The van der Waals surface area contributed by atoms with Crippen molar-refractivity contribution in [3.05, 3.63) is 34.4 Å². The highest BCUT2D eigenvalue weighted by Gasteiger charge is 2.55. The van der Waals surface area contributed by atoms with Crippen molar-refractivity contribution in [2.75, 3.05) is 6.61 Å². The number of fused-ring (bicyclic) bond motifs is 1. The summed E-state index contributed by atoms with van der Waals surface area (Å²) in [6.07, 6.45) is 0.760. The lowest BCUT2D eigenvalue weighted by Gasteiger charge is -2.16. The first-order chi connectivity index (χ1) is 10.0. The molecule has 0 saturated heterocycles. The van der Waals surface area contributed by atoms with Gasteiger partial charge < -0.3 is 9.30 Å². The van der Waals surface area contributed by atoms with Crippen molar-refractivity contribution >= 4 is 32.8 Å². The number of nitriles is 1. The minimum Gasteiger partial charge on any atom is -0.461 e. The fourth-order valence-corrected chi connectivity index (χ4v) is 3.28. The molecule has 2 aromatic rings. The lowest BCUT2D eigenvalue weighted by Crippen LogP contribution is -2.23. The molecule has 1 aliphatic carbocycles. The van der Waals surface area contributed by atoms with Crippen molar-refractivity contribution in [2.24, 2.45) is 5.92 Å². The van der Waals surface area contributed by atoms with Gasteiger partial charge in [-0.2, -0.15) is 5.26 Å². The van der Waals surface area contributed by atoms with Crippen LogP contribution >= 0.6 is 15.9 Å². The van der Waals surface area contributed by atoms with Crippen molar-refractivity contribution in [3.8, 4) is 6.07 Å². The number of hydrogen-bond donors (Lipinski definition) is 0. The third kappa shape index (κ3) is 2.06. The van der Waals surface area contributed by atoms with Crippen LogP contribution < -0.4 is 0 Å². The van der Waals surface area contributed by atoms with Gasteiger partial charge in [0, 0.05) is 9.86 Å². The Kier molecular flexibility index (Phi) is 3.29. The summed E-state index contributed by atoms with van der Waals surface area (Å²) in [5.74, 6) is -0.145. The molecule has 1 aromatic heterocycles. The van der Waals surface area contributed by atoms with E-state index in [9.17, 15) is 10.1 Å². The first-order valence-electron chi connectivity index (χ1n) is 6.93. The van der Waals surface area contributed by atoms with E-state index in [0.29, 0.717) is 12.3 Å². The zero-order valence-corrected chi connectivity index (χ0v) is 13.5. The van der Waals surface area contributed by atoms with Crippen LogP contribution in [0.15, 0.2) is 28.7 Å². The maximum absolute atomic E-state index is 12.3. The van der Waals surface area contributed by atoms with Crippen LogP contribution in [0.25, 0.3) is 10.9 Å². The van der Waals surface area contributed by atoms with Crippen molar-refractivity contribution in [1.82, 2.24) is 4.57 Å². The minimum absolute atomic E-state index is 0.231. The smallest absolute Gasteiger partial charge is 0.355 e. The Bertz CT molecular complexity index is 774. The van der Waals surface area contributed by atoms with Crippen LogP contribution in [0.2, 0.25) is 0 Å². The monoisotopic (exact) mass is 346 g/mol. The second-order valence-corrected chi connectivity index (χ2v) is 6.35. The molecule has 1 aliphatic rings. The Morgan fingerprint density at radius 2 is 2.29 bits per heavy atom. The first-order valence-corrected chi connectivity index (χ1v) is 7.72. The quantitative estimate of drug-likeness (QED) is 0.793. The van der Waals surface area contributed by atoms with E-state index in [2.05, 4.69) is 22.0 Å². The number of nitrogens with zero attached hydrogens (tertiary/aromatic N) is 2. The Morgan fingerprint density at radius 1 is 1.57 bits per heavy atom. The van der Waals surface area contributed by atoms with Crippen LogP contribution in [0, 0.1) is 17.2 Å². The zero-order valence-electron chi connectivity index (χ0n) is 11.9. The van der Waals surface area contributed by atoms with Crippen molar-refractivity contribution < 1.29 is 9.53 Å². The molecular weight excluding hydrogens is 332 g/mol. The maximum atomic E-state index is 12.3. The lowest BCUT2D eigenvalue weighted by molar-refractivity contribution is 0.0512. The molecule has 1 fully saturated rings. The number of ether oxygens (including phenoxy) is 1. The predicted octanol–water partition coefficient (Wildman–Crippen LogP) is 3.84. The van der Waals surface area contributed by atoms with Gasteiger partial charge in [0.2, 0.25) is 0 Å². The molecule has 0 aliphatic heterocycles. The van der Waals surface area contributed by atoms with Crippen LogP contribution in [0.5, 0.6) is 0 Å². The third-order valence-corrected chi connectivity index (χ3v) is 4.61. The number of carbonyl (C=O) groups excluding carboxylic acids is 1. The summed E-state index contributed by atoms with van der Waals surface area (Å²) >= 11 is 3.44. The summed E-state index contributed by atoms with van der Waals surface area (Å²) in [5, 5.41) is 10.5. The molecule has 0 unspecified atom stereocenters. The SMILES string of the molecule is CCOC(=O)c1cc2cc(Br)ccc2n1[C@]1(C#N)C[C@H]1C. The molecule has 0 spiro atoms. The van der Waals surface area contributed by atoms with E-state index in [0.717, 1.165) is 21.8 Å². The topological polar surface area (TPSA) is 55.0 Å². The van der Waals surface area contributed by atoms with Gasteiger partial charge in [-0.1, -0.05) is 22.9 Å². The number of esters is 1. The van der Waals surface area contributed by atoms with Gasteiger partial charge >= 0.3 is 5.97 Å². The van der Waals surface area contributed by atoms with Gasteiger partial charge in [-0.15, -0.1) is 0 Å². The summed E-state index contributed by atoms with van der Waals surface area (Å²) in [7, 11) is 0. The van der Waals surface area contributed by atoms with E-state index in [1.165, 1.54) is 0 Å². The Hall–Kier alpha value is -1.80. The van der Waals surface area contributed by atoms with Crippen LogP contribution in [0.4, 0.5) is 0 Å². The number of hydrogen-bond acceptors (Lipinski definition) is 3. The van der Waals surface area contributed by atoms with Gasteiger partial charge in [0.15, 0.2) is 0 Å². The van der Waals surface area contributed by atoms with Gasteiger partial charge in [-0.05, 0) is 43.5 Å². The highest BCUT2D eigenvalue weighted by molar-refractivity contribution is 9.10. The van der Waals surface area contributed by atoms with E-state index >= 15 is 0 Å². The van der Waals surface area contributed by atoms with E-state index in [4.69, 9.17) is 4.74 Å². The van der Waals surface area contributed by atoms with E-state index in [-0.39, 0.29) is 11.9 Å². The summed E-state index contributed by atoms with van der Waals surface area (Å²) < 4.78 is 7.95. The number of carbonyl (C=O) groups is 1. The minimum atomic E-state index is -0.627. The van der Waals surface area contributed by atoms with Gasteiger partial charge in [-0.3, -0.25) is 0 Å². The second kappa shape index (κ2) is 4.88. The third-order valence-electron chi connectivity index (χ3n) is 4.11. The molecule has 0 N–H and O–H groups in total. The maximum Gasteiger partial charge on any atom is 0.355 e. The van der Waals surface area contributed by atoms with E-state index in [1.807, 2.05) is 35.8 Å². The molecule has 1 aromatic carbocycles. The van der Waals surface area contributed by atoms with E-state index in [1.54, 1.807) is 6.92 Å². The van der Waals surface area contributed by atoms with Crippen molar-refractivity contribution in [2.45, 2.75) is 25.8 Å². The molecular formula is C16H15BrN2O2. The molecule has 0 radical (unpaired) electrons. The Labute approximate surface area is 131 Å². The average Bonchev–Trinajstić information content (AvgIpc) is 2.96. The normalized spacial score (nSPS) is 23.8. The van der Waals surface area contributed by atoms with Crippen LogP contribution in [0.3, 0.4) is 0 Å². The lowest BCUT2D eigenvalue weighted by atomic mass is 10.2. The number of halogens is 1. The molecule has 5 heteroatoms.